The standard InChI is InChI=1S/C26H38F3N3O/c1-25(2,3)32-11-8-18(16-32)24(33)30-9-6-17(7-10-30)22-5-4-21(26(27,28)29)13-23(22)31-14-19-12-20(19)15-31/h5,13,17-21H,4,6-12,14-16H2,1-3H3/t18-,19?,20?,21?/m0/s1. The summed E-state index contributed by atoms with van der Waals surface area (Å²) in [4.78, 5) is 19.8. The van der Waals surface area contributed by atoms with E-state index in [2.05, 4.69) is 30.6 Å². The quantitative estimate of drug-likeness (QED) is 0.605. The highest BCUT2D eigenvalue weighted by molar-refractivity contribution is 5.79. The first-order chi connectivity index (χ1) is 15.5. The van der Waals surface area contributed by atoms with Crippen LogP contribution in [-0.4, -0.2) is 71.6 Å². The van der Waals surface area contributed by atoms with E-state index in [-0.39, 0.29) is 29.7 Å². The summed E-state index contributed by atoms with van der Waals surface area (Å²) >= 11 is 0. The molecule has 0 aromatic heterocycles. The van der Waals surface area contributed by atoms with Gasteiger partial charge in [-0.1, -0.05) is 6.08 Å². The molecule has 0 bridgehead atoms. The molecule has 3 unspecified atom stereocenters. The number of rotatable bonds is 3. The van der Waals surface area contributed by atoms with Crippen LogP contribution in [0.1, 0.15) is 52.9 Å². The number of halogens is 3. The first-order valence-corrected chi connectivity index (χ1v) is 12.8. The van der Waals surface area contributed by atoms with Gasteiger partial charge in [-0.3, -0.25) is 9.69 Å². The molecule has 33 heavy (non-hydrogen) atoms. The van der Waals surface area contributed by atoms with Crippen LogP contribution in [0.2, 0.25) is 0 Å². The Hall–Kier alpha value is -1.50. The van der Waals surface area contributed by atoms with Gasteiger partial charge in [-0.05, 0) is 88.8 Å². The number of amides is 1. The van der Waals surface area contributed by atoms with Crippen LogP contribution in [0.25, 0.3) is 0 Å². The topological polar surface area (TPSA) is 26.8 Å². The number of alkyl halides is 3. The lowest BCUT2D eigenvalue weighted by Gasteiger charge is -2.39. The van der Waals surface area contributed by atoms with E-state index in [0.717, 1.165) is 56.7 Å². The van der Waals surface area contributed by atoms with Gasteiger partial charge >= 0.3 is 6.18 Å². The Bertz CT molecular complexity index is 825. The average molecular weight is 466 g/mol. The highest BCUT2D eigenvalue weighted by Crippen LogP contribution is 2.49. The number of likely N-dealkylation sites (tertiary alicyclic amines) is 3. The summed E-state index contributed by atoms with van der Waals surface area (Å²) < 4.78 is 40.5. The van der Waals surface area contributed by atoms with Crippen molar-refractivity contribution in [3.05, 3.63) is 23.4 Å². The maximum absolute atomic E-state index is 13.5. The molecule has 4 atom stereocenters. The van der Waals surface area contributed by atoms with Crippen molar-refractivity contribution in [2.75, 3.05) is 39.3 Å². The van der Waals surface area contributed by atoms with E-state index in [1.807, 2.05) is 11.0 Å². The third kappa shape index (κ3) is 4.71. The molecule has 4 nitrogen and oxygen atoms in total. The fraction of sp³-hybridized carbons (Fsp3) is 0.808. The molecule has 5 aliphatic rings. The first kappa shape index (κ1) is 23.3. The molecule has 0 spiro atoms. The van der Waals surface area contributed by atoms with Gasteiger partial charge in [-0.15, -0.1) is 0 Å². The number of carbonyl (C=O) groups is 1. The Kier molecular flexibility index (Phi) is 5.86. The van der Waals surface area contributed by atoms with Crippen LogP contribution in [0.4, 0.5) is 13.2 Å². The highest BCUT2D eigenvalue weighted by Gasteiger charge is 2.48. The van der Waals surface area contributed by atoms with Gasteiger partial charge in [0, 0.05) is 44.0 Å². The number of hydrogen-bond acceptors (Lipinski definition) is 3. The van der Waals surface area contributed by atoms with E-state index in [4.69, 9.17) is 0 Å². The minimum absolute atomic E-state index is 0.0485. The van der Waals surface area contributed by atoms with E-state index in [1.165, 1.54) is 12.5 Å². The van der Waals surface area contributed by atoms with Crippen LogP contribution < -0.4 is 0 Å². The molecule has 0 N–H and O–H groups in total. The van der Waals surface area contributed by atoms with Crippen LogP contribution in [0.3, 0.4) is 0 Å². The van der Waals surface area contributed by atoms with Gasteiger partial charge in [0.15, 0.2) is 0 Å². The molecule has 1 amide bonds. The number of nitrogens with zero attached hydrogens (tertiary/aromatic N) is 3. The van der Waals surface area contributed by atoms with Gasteiger partial charge in [-0.25, -0.2) is 0 Å². The molecule has 0 aromatic rings. The Labute approximate surface area is 195 Å². The number of piperidine rings is 2. The lowest BCUT2D eigenvalue weighted by molar-refractivity contribution is -0.160. The molecule has 184 valence electrons. The molecule has 4 fully saturated rings. The van der Waals surface area contributed by atoms with Crippen molar-refractivity contribution in [3.63, 3.8) is 0 Å². The Morgan fingerprint density at radius 3 is 2.21 bits per heavy atom. The number of hydrogen-bond donors (Lipinski definition) is 0. The van der Waals surface area contributed by atoms with Crippen molar-refractivity contribution in [2.24, 2.45) is 29.6 Å². The zero-order chi connectivity index (χ0) is 23.5. The zero-order valence-electron chi connectivity index (χ0n) is 20.2. The molecule has 2 aliphatic carbocycles. The summed E-state index contributed by atoms with van der Waals surface area (Å²) in [7, 11) is 0. The maximum Gasteiger partial charge on any atom is 0.395 e. The first-order valence-electron chi connectivity index (χ1n) is 12.8. The van der Waals surface area contributed by atoms with E-state index >= 15 is 0 Å². The van der Waals surface area contributed by atoms with Crippen molar-refractivity contribution < 1.29 is 18.0 Å². The molecule has 0 radical (unpaired) electrons. The number of carbonyl (C=O) groups excluding carboxylic acids is 1. The molecule has 7 heteroatoms. The molecule has 0 aromatic carbocycles. The normalized spacial score (nSPS) is 33.8. The highest BCUT2D eigenvalue weighted by atomic mass is 19.4. The SMILES string of the molecule is CC(C)(C)N1CC[C@H](C(=O)N2CCC(C3=CCC(C(F)(F)F)C=C3N3CC4CC4C3)CC2)C1. The molecular formula is C26H38F3N3O. The second-order valence-corrected chi connectivity index (χ2v) is 12.0. The summed E-state index contributed by atoms with van der Waals surface area (Å²) in [5.41, 5.74) is 2.05. The van der Waals surface area contributed by atoms with Gasteiger partial charge in [0.05, 0.1) is 11.8 Å². The van der Waals surface area contributed by atoms with Crippen molar-refractivity contribution in [2.45, 2.75) is 64.6 Å². The van der Waals surface area contributed by atoms with Gasteiger partial charge in [0.1, 0.15) is 0 Å². The molecule has 3 aliphatic heterocycles. The van der Waals surface area contributed by atoms with Crippen molar-refractivity contribution in [1.29, 1.82) is 0 Å². The average Bonchev–Trinajstić information content (AvgIpc) is 3.16. The van der Waals surface area contributed by atoms with Crippen LogP contribution in [-0.2, 0) is 4.79 Å². The minimum Gasteiger partial charge on any atom is -0.371 e. The summed E-state index contributed by atoms with van der Waals surface area (Å²) in [6.45, 7) is 11.6. The van der Waals surface area contributed by atoms with Crippen LogP contribution in [0, 0.1) is 29.6 Å². The largest absolute Gasteiger partial charge is 0.395 e. The monoisotopic (exact) mass is 465 g/mol. The number of fused-ring (bicyclic) bond motifs is 1. The third-order valence-electron chi connectivity index (χ3n) is 8.72. The molecule has 1 saturated carbocycles. The lowest BCUT2D eigenvalue weighted by atomic mass is 9.81. The summed E-state index contributed by atoms with van der Waals surface area (Å²) in [6.07, 6.45) is 3.10. The summed E-state index contributed by atoms with van der Waals surface area (Å²) in [6, 6.07) is 0. The molecular weight excluding hydrogens is 427 g/mol. The van der Waals surface area contributed by atoms with Crippen molar-refractivity contribution >= 4 is 5.91 Å². The zero-order valence-corrected chi connectivity index (χ0v) is 20.2. The molecule has 3 saturated heterocycles. The van der Waals surface area contributed by atoms with Gasteiger partial charge in [-0.2, -0.15) is 13.2 Å². The van der Waals surface area contributed by atoms with Crippen molar-refractivity contribution in [3.8, 4) is 0 Å². The van der Waals surface area contributed by atoms with Crippen molar-refractivity contribution in [1.82, 2.24) is 14.7 Å². The van der Waals surface area contributed by atoms with E-state index < -0.39 is 12.1 Å². The van der Waals surface area contributed by atoms with E-state index in [1.54, 1.807) is 0 Å². The van der Waals surface area contributed by atoms with E-state index in [9.17, 15) is 18.0 Å². The predicted octanol–water partition coefficient (Wildman–Crippen LogP) is 4.69. The second kappa shape index (κ2) is 8.31. The summed E-state index contributed by atoms with van der Waals surface area (Å²) in [5, 5.41) is 0. The number of allylic oxidation sites excluding steroid dienone is 3. The van der Waals surface area contributed by atoms with Crippen LogP contribution in [0.5, 0.6) is 0 Å². The Balaban J connectivity index is 1.22. The molecule has 5 rings (SSSR count). The Morgan fingerprint density at radius 1 is 0.970 bits per heavy atom. The van der Waals surface area contributed by atoms with Crippen LogP contribution in [0.15, 0.2) is 23.4 Å². The minimum atomic E-state index is -4.19. The molecule has 3 heterocycles. The summed E-state index contributed by atoms with van der Waals surface area (Å²) in [5.74, 6) is 0.581. The van der Waals surface area contributed by atoms with Gasteiger partial charge in [0.25, 0.3) is 0 Å². The lowest BCUT2D eigenvalue weighted by Crippen LogP contribution is -2.45. The van der Waals surface area contributed by atoms with Crippen LogP contribution >= 0.6 is 0 Å². The smallest absolute Gasteiger partial charge is 0.371 e. The fourth-order valence-corrected chi connectivity index (χ4v) is 6.44. The fourth-order valence-electron chi connectivity index (χ4n) is 6.44. The maximum atomic E-state index is 13.5. The van der Waals surface area contributed by atoms with Gasteiger partial charge < -0.3 is 9.80 Å². The predicted molar refractivity (Wildman–Crippen MR) is 122 cm³/mol. The van der Waals surface area contributed by atoms with Gasteiger partial charge in [0.2, 0.25) is 5.91 Å². The second-order valence-electron chi connectivity index (χ2n) is 12.0. The van der Waals surface area contributed by atoms with E-state index in [0.29, 0.717) is 24.9 Å². The third-order valence-corrected chi connectivity index (χ3v) is 8.72. The Morgan fingerprint density at radius 2 is 1.64 bits per heavy atom.